The predicted molar refractivity (Wildman–Crippen MR) is 199 cm³/mol. The van der Waals surface area contributed by atoms with Gasteiger partial charge in [0.2, 0.25) is 0 Å². The Morgan fingerprint density at radius 3 is 1.39 bits per heavy atom. The van der Waals surface area contributed by atoms with Crippen LogP contribution in [0.2, 0.25) is 0 Å². The quantitative estimate of drug-likeness (QED) is 0.144. The molecule has 0 unspecified atom stereocenters. The molecule has 212 valence electrons. The van der Waals surface area contributed by atoms with Crippen LogP contribution in [0.5, 0.6) is 0 Å². The van der Waals surface area contributed by atoms with Gasteiger partial charge in [-0.1, -0.05) is 152 Å². The van der Waals surface area contributed by atoms with Gasteiger partial charge in [0.05, 0.1) is 0 Å². The number of hydrogen-bond donors (Lipinski definition) is 0. The van der Waals surface area contributed by atoms with E-state index in [2.05, 4.69) is 170 Å². The number of fused-ring (bicyclic) bond motifs is 4. The molecule has 10 rings (SSSR count). The van der Waals surface area contributed by atoms with Crippen molar-refractivity contribution in [1.82, 2.24) is 0 Å². The molecule has 0 atom stereocenters. The van der Waals surface area contributed by atoms with Gasteiger partial charge in [-0.15, -0.1) is 0 Å². The molecule has 0 nitrogen and oxygen atoms in total. The summed E-state index contributed by atoms with van der Waals surface area (Å²) in [5, 5.41) is 15.6. The molecule has 0 aliphatic heterocycles. The highest BCUT2D eigenvalue weighted by molar-refractivity contribution is 6.35. The van der Waals surface area contributed by atoms with E-state index in [-0.39, 0.29) is 0 Å². The van der Waals surface area contributed by atoms with E-state index < -0.39 is 0 Å². The van der Waals surface area contributed by atoms with Gasteiger partial charge >= 0.3 is 0 Å². The standard InChI is InChI=1S/C46H28/c1-2-11-30(12-3-1)43-27-32-14-6-7-15-33(32)28-44(43)36-23-25-42-39-18-8-16-37-35(34-21-20-29-10-4-5-13-31(29)26-34)22-24-41(45(37)39)40-19-9-17-38(36)46(40)42/h1-28H. The van der Waals surface area contributed by atoms with Gasteiger partial charge < -0.3 is 0 Å². The summed E-state index contributed by atoms with van der Waals surface area (Å²) in [6, 6.07) is 62.8. The summed E-state index contributed by atoms with van der Waals surface area (Å²) in [6.45, 7) is 0. The zero-order valence-corrected chi connectivity index (χ0v) is 25.2. The number of benzene rings is 10. The lowest BCUT2D eigenvalue weighted by atomic mass is 9.84. The average molecular weight is 581 g/mol. The van der Waals surface area contributed by atoms with Crippen LogP contribution in [0.4, 0.5) is 0 Å². The fourth-order valence-corrected chi connectivity index (χ4v) is 7.87. The molecule has 0 heteroatoms. The van der Waals surface area contributed by atoms with E-state index in [1.165, 1.54) is 98.0 Å². The van der Waals surface area contributed by atoms with Crippen LogP contribution in [-0.2, 0) is 0 Å². The van der Waals surface area contributed by atoms with Crippen molar-refractivity contribution in [3.8, 4) is 33.4 Å². The Kier molecular flexibility index (Phi) is 5.38. The topological polar surface area (TPSA) is 0 Å². The van der Waals surface area contributed by atoms with Gasteiger partial charge in [0.15, 0.2) is 0 Å². The van der Waals surface area contributed by atoms with Crippen LogP contribution in [0, 0.1) is 0 Å². The largest absolute Gasteiger partial charge is 0.0622 e. The Morgan fingerprint density at radius 1 is 0.217 bits per heavy atom. The first-order valence-electron chi connectivity index (χ1n) is 16.0. The van der Waals surface area contributed by atoms with Gasteiger partial charge in [-0.25, -0.2) is 0 Å². The third-order valence-electron chi connectivity index (χ3n) is 9.98. The molecule has 0 aliphatic carbocycles. The van der Waals surface area contributed by atoms with Crippen LogP contribution >= 0.6 is 0 Å². The van der Waals surface area contributed by atoms with E-state index in [4.69, 9.17) is 0 Å². The normalized spacial score (nSPS) is 11.9. The maximum Gasteiger partial charge on any atom is -0.00201 e. The third-order valence-corrected chi connectivity index (χ3v) is 9.98. The smallest absolute Gasteiger partial charge is 0.00201 e. The molecule has 10 aromatic rings. The summed E-state index contributed by atoms with van der Waals surface area (Å²) in [6.07, 6.45) is 0. The fourth-order valence-electron chi connectivity index (χ4n) is 7.87. The molecule has 0 amide bonds. The van der Waals surface area contributed by atoms with E-state index in [1.54, 1.807) is 0 Å². The molecule has 46 heavy (non-hydrogen) atoms. The first kappa shape index (κ1) is 25.4. The molecule has 0 aromatic heterocycles. The number of rotatable bonds is 3. The van der Waals surface area contributed by atoms with Crippen LogP contribution in [0.1, 0.15) is 0 Å². The Morgan fingerprint density at radius 2 is 0.717 bits per heavy atom. The van der Waals surface area contributed by atoms with E-state index in [0.717, 1.165) is 0 Å². The fraction of sp³-hybridized carbons (Fsp3) is 0. The van der Waals surface area contributed by atoms with E-state index in [9.17, 15) is 0 Å². The minimum Gasteiger partial charge on any atom is -0.0622 e. The molecule has 0 saturated heterocycles. The van der Waals surface area contributed by atoms with Gasteiger partial charge in [0.1, 0.15) is 0 Å². The Balaban J connectivity index is 1.27. The second-order valence-corrected chi connectivity index (χ2v) is 12.5. The Labute approximate surface area is 267 Å². The molecule has 10 aromatic carbocycles. The van der Waals surface area contributed by atoms with Crippen molar-refractivity contribution < 1.29 is 0 Å². The first-order chi connectivity index (χ1) is 22.8. The van der Waals surface area contributed by atoms with E-state index >= 15 is 0 Å². The second-order valence-electron chi connectivity index (χ2n) is 12.5. The third kappa shape index (κ3) is 3.68. The van der Waals surface area contributed by atoms with Gasteiger partial charge in [0, 0.05) is 0 Å². The lowest BCUT2D eigenvalue weighted by Crippen LogP contribution is -1.92. The molecule has 0 fully saturated rings. The van der Waals surface area contributed by atoms with Gasteiger partial charge in [-0.3, -0.25) is 0 Å². The lowest BCUT2D eigenvalue weighted by Gasteiger charge is -2.19. The van der Waals surface area contributed by atoms with Crippen LogP contribution in [0.25, 0.3) is 98.0 Å². The molecule has 0 heterocycles. The Bertz CT molecular complexity index is 2770. The molecule has 0 aliphatic rings. The van der Waals surface area contributed by atoms with Gasteiger partial charge in [-0.2, -0.15) is 0 Å². The monoisotopic (exact) mass is 580 g/mol. The minimum atomic E-state index is 1.24. The maximum absolute atomic E-state index is 2.38. The summed E-state index contributed by atoms with van der Waals surface area (Å²) >= 11 is 0. The van der Waals surface area contributed by atoms with E-state index in [0.29, 0.717) is 0 Å². The zero-order valence-electron chi connectivity index (χ0n) is 25.2. The molecule has 0 spiro atoms. The van der Waals surface area contributed by atoms with Crippen molar-refractivity contribution in [3.05, 3.63) is 170 Å². The van der Waals surface area contributed by atoms with Crippen LogP contribution in [-0.4, -0.2) is 0 Å². The van der Waals surface area contributed by atoms with Crippen molar-refractivity contribution >= 4 is 64.6 Å². The molecule has 0 N–H and O–H groups in total. The summed E-state index contributed by atoms with van der Waals surface area (Å²) in [7, 11) is 0. The molecular weight excluding hydrogens is 553 g/mol. The molecule has 0 bridgehead atoms. The van der Waals surface area contributed by atoms with Crippen molar-refractivity contribution in [2.24, 2.45) is 0 Å². The minimum absolute atomic E-state index is 1.24. The summed E-state index contributed by atoms with van der Waals surface area (Å²) in [4.78, 5) is 0. The number of hydrogen-bond acceptors (Lipinski definition) is 0. The lowest BCUT2D eigenvalue weighted by molar-refractivity contribution is 1.63. The SMILES string of the molecule is c1ccc(-c2cc3ccccc3cc2-c2ccc3c4cccc5c(-c6ccc7ccccc7c6)ccc(c6cccc2c63)c54)cc1. The summed E-state index contributed by atoms with van der Waals surface area (Å²) in [5.41, 5.74) is 7.57. The second kappa shape index (κ2) is 9.76. The van der Waals surface area contributed by atoms with Crippen molar-refractivity contribution in [3.63, 3.8) is 0 Å². The Hall–Kier alpha value is -5.98. The van der Waals surface area contributed by atoms with Gasteiger partial charge in [0.25, 0.3) is 0 Å². The highest BCUT2D eigenvalue weighted by Crippen LogP contribution is 2.47. The highest BCUT2D eigenvalue weighted by atomic mass is 14.2. The van der Waals surface area contributed by atoms with E-state index in [1.807, 2.05) is 0 Å². The van der Waals surface area contributed by atoms with Crippen molar-refractivity contribution in [1.29, 1.82) is 0 Å². The zero-order chi connectivity index (χ0) is 30.2. The molecular formula is C46H28. The van der Waals surface area contributed by atoms with Crippen molar-refractivity contribution in [2.45, 2.75) is 0 Å². The summed E-state index contributed by atoms with van der Waals surface area (Å²) in [5.74, 6) is 0. The average Bonchev–Trinajstić information content (AvgIpc) is 3.13. The van der Waals surface area contributed by atoms with Crippen LogP contribution in [0.15, 0.2) is 170 Å². The summed E-state index contributed by atoms with van der Waals surface area (Å²) < 4.78 is 0. The van der Waals surface area contributed by atoms with Crippen LogP contribution in [0.3, 0.4) is 0 Å². The van der Waals surface area contributed by atoms with Crippen LogP contribution < -0.4 is 0 Å². The highest BCUT2D eigenvalue weighted by Gasteiger charge is 2.19. The van der Waals surface area contributed by atoms with Crippen molar-refractivity contribution in [2.75, 3.05) is 0 Å². The molecule has 0 saturated carbocycles. The first-order valence-corrected chi connectivity index (χ1v) is 16.0. The van der Waals surface area contributed by atoms with Gasteiger partial charge in [-0.05, 0) is 116 Å². The molecule has 0 radical (unpaired) electrons. The predicted octanol–water partition coefficient (Wildman–Crippen LogP) is 13.0. The maximum atomic E-state index is 2.38.